The Kier molecular flexibility index (Phi) is 2.98. The zero-order valence-electron chi connectivity index (χ0n) is 8.68. The van der Waals surface area contributed by atoms with Gasteiger partial charge in [0.1, 0.15) is 5.75 Å². The Hall–Kier alpha value is -1.83. The Bertz CT molecular complexity index is 426. The highest BCUT2D eigenvalue weighted by Crippen LogP contribution is 2.28. The molecule has 0 spiro atoms. The molecular weight excluding hydrogens is 186 g/mol. The molecule has 1 aromatic heterocycles. The summed E-state index contributed by atoms with van der Waals surface area (Å²) >= 11 is 0. The van der Waals surface area contributed by atoms with E-state index in [0.29, 0.717) is 6.61 Å². The number of para-hydroxylation sites is 1. The van der Waals surface area contributed by atoms with Crippen molar-refractivity contribution in [2.24, 2.45) is 0 Å². The Morgan fingerprint density at radius 3 is 2.53 bits per heavy atom. The van der Waals surface area contributed by atoms with E-state index < -0.39 is 0 Å². The van der Waals surface area contributed by atoms with E-state index in [1.54, 1.807) is 12.4 Å². The maximum atomic E-state index is 5.57. The zero-order chi connectivity index (χ0) is 10.5. The van der Waals surface area contributed by atoms with Crippen LogP contribution in [0.2, 0.25) is 0 Å². The van der Waals surface area contributed by atoms with Gasteiger partial charge in [-0.3, -0.25) is 4.98 Å². The largest absolute Gasteiger partial charge is 0.493 e. The number of aromatic nitrogens is 1. The summed E-state index contributed by atoms with van der Waals surface area (Å²) in [6.07, 6.45) is 3.58. The summed E-state index contributed by atoms with van der Waals surface area (Å²) < 4.78 is 5.57. The predicted molar refractivity (Wildman–Crippen MR) is 60.8 cm³/mol. The lowest BCUT2D eigenvalue weighted by atomic mass is 10.1. The molecule has 2 nitrogen and oxygen atoms in total. The third kappa shape index (κ3) is 2.15. The van der Waals surface area contributed by atoms with Gasteiger partial charge in [0.2, 0.25) is 0 Å². The fraction of sp³-hybridized carbons (Fsp3) is 0.154. The van der Waals surface area contributed by atoms with Crippen molar-refractivity contribution in [3.05, 3.63) is 48.8 Å². The maximum Gasteiger partial charge on any atom is 0.127 e. The van der Waals surface area contributed by atoms with Crippen molar-refractivity contribution in [2.75, 3.05) is 6.61 Å². The lowest BCUT2D eigenvalue weighted by Crippen LogP contribution is -1.93. The molecule has 0 unspecified atom stereocenters. The van der Waals surface area contributed by atoms with Gasteiger partial charge in [-0.1, -0.05) is 18.2 Å². The fourth-order valence-electron chi connectivity index (χ4n) is 1.52. The minimum Gasteiger partial charge on any atom is -0.493 e. The minimum atomic E-state index is 0.683. The maximum absolute atomic E-state index is 5.57. The van der Waals surface area contributed by atoms with Crippen LogP contribution in [-0.2, 0) is 0 Å². The summed E-state index contributed by atoms with van der Waals surface area (Å²) in [7, 11) is 0. The molecule has 0 atom stereocenters. The van der Waals surface area contributed by atoms with E-state index in [9.17, 15) is 0 Å². The first-order valence-electron chi connectivity index (χ1n) is 5.04. The number of hydrogen-bond acceptors (Lipinski definition) is 2. The first-order valence-corrected chi connectivity index (χ1v) is 5.04. The number of ether oxygens (including phenoxy) is 1. The van der Waals surface area contributed by atoms with Gasteiger partial charge in [-0.25, -0.2) is 0 Å². The van der Waals surface area contributed by atoms with Gasteiger partial charge in [0.05, 0.1) is 6.61 Å². The van der Waals surface area contributed by atoms with E-state index in [1.807, 2.05) is 37.3 Å². The van der Waals surface area contributed by atoms with Gasteiger partial charge < -0.3 is 4.74 Å². The van der Waals surface area contributed by atoms with E-state index in [1.165, 1.54) is 0 Å². The molecule has 0 bridgehead atoms. The summed E-state index contributed by atoms with van der Waals surface area (Å²) in [6.45, 7) is 2.67. The Morgan fingerprint density at radius 2 is 1.80 bits per heavy atom. The number of benzene rings is 1. The highest BCUT2D eigenvalue weighted by molar-refractivity contribution is 5.69. The second-order valence-electron chi connectivity index (χ2n) is 3.17. The van der Waals surface area contributed by atoms with E-state index in [2.05, 4.69) is 11.1 Å². The van der Waals surface area contributed by atoms with Crippen LogP contribution in [-0.4, -0.2) is 11.6 Å². The van der Waals surface area contributed by atoms with Crippen LogP contribution in [0.5, 0.6) is 5.75 Å². The molecule has 0 saturated carbocycles. The standard InChI is InChI=1S/C13H13NO/c1-2-15-13-6-4-3-5-12(13)11-7-9-14-10-8-11/h3-10H,2H2,1H3. The van der Waals surface area contributed by atoms with Gasteiger partial charge in [0, 0.05) is 18.0 Å². The molecule has 0 radical (unpaired) electrons. The average molecular weight is 199 g/mol. The highest BCUT2D eigenvalue weighted by Gasteiger charge is 2.03. The smallest absolute Gasteiger partial charge is 0.127 e. The first-order chi connectivity index (χ1) is 7.42. The Morgan fingerprint density at radius 1 is 1.07 bits per heavy atom. The molecule has 15 heavy (non-hydrogen) atoms. The number of pyridine rings is 1. The van der Waals surface area contributed by atoms with Crippen molar-refractivity contribution >= 4 is 0 Å². The topological polar surface area (TPSA) is 22.1 Å². The first kappa shape index (κ1) is 9.71. The normalized spacial score (nSPS) is 9.93. The van der Waals surface area contributed by atoms with Crippen molar-refractivity contribution in [1.82, 2.24) is 4.98 Å². The van der Waals surface area contributed by atoms with Gasteiger partial charge in [-0.05, 0) is 30.7 Å². The van der Waals surface area contributed by atoms with Crippen LogP contribution in [0.15, 0.2) is 48.8 Å². The Labute approximate surface area is 89.6 Å². The molecule has 0 saturated heterocycles. The van der Waals surface area contributed by atoms with Gasteiger partial charge in [0.15, 0.2) is 0 Å². The van der Waals surface area contributed by atoms with Gasteiger partial charge in [0.25, 0.3) is 0 Å². The SMILES string of the molecule is CCOc1ccccc1-c1ccncc1. The van der Waals surface area contributed by atoms with Crippen LogP contribution in [0.4, 0.5) is 0 Å². The molecule has 0 fully saturated rings. The van der Waals surface area contributed by atoms with Crippen molar-refractivity contribution in [3.8, 4) is 16.9 Å². The summed E-state index contributed by atoms with van der Waals surface area (Å²) in [6, 6.07) is 12.0. The van der Waals surface area contributed by atoms with Crippen molar-refractivity contribution in [2.45, 2.75) is 6.92 Å². The lowest BCUT2D eigenvalue weighted by Gasteiger charge is -2.09. The van der Waals surface area contributed by atoms with E-state index >= 15 is 0 Å². The van der Waals surface area contributed by atoms with Crippen LogP contribution in [0.3, 0.4) is 0 Å². The Balaban J connectivity index is 2.43. The summed E-state index contributed by atoms with van der Waals surface area (Å²) in [4.78, 5) is 4.01. The minimum absolute atomic E-state index is 0.683. The van der Waals surface area contributed by atoms with E-state index in [0.717, 1.165) is 16.9 Å². The highest BCUT2D eigenvalue weighted by atomic mass is 16.5. The number of hydrogen-bond donors (Lipinski definition) is 0. The van der Waals surface area contributed by atoms with Crippen molar-refractivity contribution < 1.29 is 4.74 Å². The molecule has 0 aliphatic rings. The molecule has 76 valence electrons. The monoisotopic (exact) mass is 199 g/mol. The summed E-state index contributed by atoms with van der Waals surface area (Å²) in [5.74, 6) is 0.922. The molecule has 1 heterocycles. The summed E-state index contributed by atoms with van der Waals surface area (Å²) in [5, 5.41) is 0. The van der Waals surface area contributed by atoms with Crippen LogP contribution in [0, 0.1) is 0 Å². The molecule has 2 heteroatoms. The lowest BCUT2D eigenvalue weighted by molar-refractivity contribution is 0.341. The quantitative estimate of drug-likeness (QED) is 0.757. The van der Waals surface area contributed by atoms with Gasteiger partial charge in [-0.15, -0.1) is 0 Å². The molecular formula is C13H13NO. The van der Waals surface area contributed by atoms with E-state index in [-0.39, 0.29) is 0 Å². The zero-order valence-corrected chi connectivity index (χ0v) is 8.68. The molecule has 0 aliphatic heterocycles. The molecule has 0 amide bonds. The van der Waals surface area contributed by atoms with Crippen molar-refractivity contribution in [1.29, 1.82) is 0 Å². The number of nitrogens with zero attached hydrogens (tertiary/aromatic N) is 1. The van der Waals surface area contributed by atoms with E-state index in [4.69, 9.17) is 4.74 Å². The van der Waals surface area contributed by atoms with Crippen molar-refractivity contribution in [3.63, 3.8) is 0 Å². The third-order valence-electron chi connectivity index (χ3n) is 2.18. The molecule has 2 rings (SSSR count). The van der Waals surface area contributed by atoms with Gasteiger partial charge in [-0.2, -0.15) is 0 Å². The van der Waals surface area contributed by atoms with Crippen LogP contribution in [0.1, 0.15) is 6.92 Å². The molecule has 0 aliphatic carbocycles. The summed E-state index contributed by atoms with van der Waals surface area (Å²) in [5.41, 5.74) is 2.25. The second-order valence-corrected chi connectivity index (χ2v) is 3.17. The third-order valence-corrected chi connectivity index (χ3v) is 2.18. The van der Waals surface area contributed by atoms with Crippen LogP contribution in [0.25, 0.3) is 11.1 Å². The van der Waals surface area contributed by atoms with Gasteiger partial charge >= 0.3 is 0 Å². The second kappa shape index (κ2) is 4.60. The molecule has 0 N–H and O–H groups in total. The number of rotatable bonds is 3. The van der Waals surface area contributed by atoms with Crippen LogP contribution >= 0.6 is 0 Å². The molecule has 1 aromatic carbocycles. The average Bonchev–Trinajstić information content (AvgIpc) is 2.31. The van der Waals surface area contributed by atoms with Crippen LogP contribution < -0.4 is 4.74 Å². The predicted octanol–water partition coefficient (Wildman–Crippen LogP) is 3.15. The molecule has 2 aromatic rings. The fourth-order valence-corrected chi connectivity index (χ4v) is 1.52.